The van der Waals surface area contributed by atoms with Crippen LogP contribution in [0, 0.1) is 6.92 Å². The second kappa shape index (κ2) is 9.74. The quantitative estimate of drug-likeness (QED) is 0.615. The van der Waals surface area contributed by atoms with E-state index in [9.17, 15) is 9.59 Å². The predicted molar refractivity (Wildman–Crippen MR) is 119 cm³/mol. The van der Waals surface area contributed by atoms with Gasteiger partial charge in [0.05, 0.1) is 6.04 Å². The maximum absolute atomic E-state index is 12.6. The molecule has 0 fully saturated rings. The Bertz CT molecular complexity index is 1020. The molecule has 0 bridgehead atoms. The SMILES string of the molecule is Cc1cccc(OCC(=O)N(C)C(C)c2cccc(NC(=O)c3ccccc3)c2)c1. The molecular formula is C25H26N2O3. The van der Waals surface area contributed by atoms with Gasteiger partial charge in [-0.05, 0) is 61.4 Å². The monoisotopic (exact) mass is 402 g/mol. The lowest BCUT2D eigenvalue weighted by Crippen LogP contribution is -2.33. The van der Waals surface area contributed by atoms with Crippen LogP contribution in [0.25, 0.3) is 0 Å². The molecule has 0 heterocycles. The summed E-state index contributed by atoms with van der Waals surface area (Å²) in [6, 6.07) is 24.0. The fourth-order valence-corrected chi connectivity index (χ4v) is 3.06. The van der Waals surface area contributed by atoms with Gasteiger partial charge >= 0.3 is 0 Å². The van der Waals surface area contributed by atoms with Crippen LogP contribution < -0.4 is 10.1 Å². The first-order valence-electron chi connectivity index (χ1n) is 9.85. The van der Waals surface area contributed by atoms with Crippen molar-refractivity contribution in [2.45, 2.75) is 19.9 Å². The van der Waals surface area contributed by atoms with Gasteiger partial charge < -0.3 is 15.0 Å². The van der Waals surface area contributed by atoms with Crippen LogP contribution in [0.15, 0.2) is 78.9 Å². The molecule has 5 heteroatoms. The zero-order chi connectivity index (χ0) is 21.5. The Morgan fingerprint density at radius 1 is 0.967 bits per heavy atom. The number of aryl methyl sites for hydroxylation is 1. The Kier molecular flexibility index (Phi) is 6.86. The van der Waals surface area contributed by atoms with Gasteiger partial charge in [0.15, 0.2) is 6.61 Å². The van der Waals surface area contributed by atoms with Crippen LogP contribution in [0.1, 0.15) is 34.5 Å². The summed E-state index contributed by atoms with van der Waals surface area (Å²) < 4.78 is 5.63. The zero-order valence-electron chi connectivity index (χ0n) is 17.5. The molecule has 0 aliphatic rings. The van der Waals surface area contributed by atoms with E-state index in [1.165, 1.54) is 0 Å². The van der Waals surface area contributed by atoms with Crippen LogP contribution in [0.3, 0.4) is 0 Å². The number of carbonyl (C=O) groups excluding carboxylic acids is 2. The van der Waals surface area contributed by atoms with Crippen molar-refractivity contribution in [2.24, 2.45) is 0 Å². The number of likely N-dealkylation sites (N-methyl/N-ethyl adjacent to an activating group) is 1. The first-order valence-corrected chi connectivity index (χ1v) is 9.85. The van der Waals surface area contributed by atoms with Crippen LogP contribution in [0.5, 0.6) is 5.75 Å². The molecule has 0 saturated carbocycles. The number of nitrogens with one attached hydrogen (secondary N) is 1. The summed E-state index contributed by atoms with van der Waals surface area (Å²) in [5.41, 5.74) is 3.28. The van der Waals surface area contributed by atoms with E-state index in [0.717, 1.165) is 11.1 Å². The summed E-state index contributed by atoms with van der Waals surface area (Å²) in [6.45, 7) is 3.89. The van der Waals surface area contributed by atoms with Crippen molar-refractivity contribution in [3.8, 4) is 5.75 Å². The molecule has 1 atom stereocenters. The number of rotatable bonds is 7. The van der Waals surface area contributed by atoms with Gasteiger partial charge in [-0.25, -0.2) is 0 Å². The van der Waals surface area contributed by atoms with Gasteiger partial charge in [-0.2, -0.15) is 0 Å². The molecule has 0 aliphatic carbocycles. The van der Waals surface area contributed by atoms with E-state index >= 15 is 0 Å². The first kappa shape index (κ1) is 21.1. The largest absolute Gasteiger partial charge is 0.484 e. The molecule has 154 valence electrons. The highest BCUT2D eigenvalue weighted by Gasteiger charge is 2.18. The van der Waals surface area contributed by atoms with Crippen molar-refractivity contribution >= 4 is 17.5 Å². The molecule has 3 aromatic carbocycles. The van der Waals surface area contributed by atoms with E-state index in [4.69, 9.17) is 4.74 Å². The first-order chi connectivity index (χ1) is 14.4. The van der Waals surface area contributed by atoms with Crippen molar-refractivity contribution in [3.63, 3.8) is 0 Å². The smallest absolute Gasteiger partial charge is 0.260 e. The van der Waals surface area contributed by atoms with Gasteiger partial charge in [-0.1, -0.05) is 42.5 Å². The molecule has 0 aromatic heterocycles. The van der Waals surface area contributed by atoms with Crippen LogP contribution in [-0.4, -0.2) is 30.4 Å². The van der Waals surface area contributed by atoms with E-state index in [2.05, 4.69) is 5.32 Å². The minimum Gasteiger partial charge on any atom is -0.484 e. The molecule has 3 rings (SSSR count). The third kappa shape index (κ3) is 5.47. The number of amides is 2. The van der Waals surface area contributed by atoms with Gasteiger partial charge in [-0.15, -0.1) is 0 Å². The number of hydrogen-bond donors (Lipinski definition) is 1. The number of nitrogens with zero attached hydrogens (tertiary/aromatic N) is 1. The molecule has 3 aromatic rings. The fraction of sp³-hybridized carbons (Fsp3) is 0.200. The molecule has 0 aliphatic heterocycles. The van der Waals surface area contributed by atoms with Crippen molar-refractivity contribution in [3.05, 3.63) is 95.6 Å². The number of hydrogen-bond acceptors (Lipinski definition) is 3. The molecule has 2 amide bonds. The lowest BCUT2D eigenvalue weighted by atomic mass is 10.1. The summed E-state index contributed by atoms with van der Waals surface area (Å²) in [4.78, 5) is 26.6. The number of benzene rings is 3. The van der Waals surface area contributed by atoms with Crippen LogP contribution in [0.4, 0.5) is 5.69 Å². The van der Waals surface area contributed by atoms with E-state index < -0.39 is 0 Å². The average molecular weight is 402 g/mol. The van der Waals surface area contributed by atoms with Crippen molar-refractivity contribution < 1.29 is 14.3 Å². The highest BCUT2D eigenvalue weighted by Crippen LogP contribution is 2.23. The Morgan fingerprint density at radius 2 is 1.70 bits per heavy atom. The Hall–Kier alpha value is -3.60. The summed E-state index contributed by atoms with van der Waals surface area (Å²) >= 11 is 0. The molecular weight excluding hydrogens is 376 g/mol. The van der Waals surface area contributed by atoms with E-state index in [-0.39, 0.29) is 24.5 Å². The Labute approximate surface area is 177 Å². The van der Waals surface area contributed by atoms with Gasteiger partial charge in [-0.3, -0.25) is 9.59 Å². The lowest BCUT2D eigenvalue weighted by Gasteiger charge is -2.26. The molecule has 30 heavy (non-hydrogen) atoms. The summed E-state index contributed by atoms with van der Waals surface area (Å²) in [5.74, 6) is 0.383. The minimum atomic E-state index is -0.174. The van der Waals surface area contributed by atoms with Crippen molar-refractivity contribution in [1.29, 1.82) is 0 Å². The van der Waals surface area contributed by atoms with Crippen LogP contribution in [-0.2, 0) is 4.79 Å². The van der Waals surface area contributed by atoms with Gasteiger partial charge in [0.2, 0.25) is 0 Å². The van der Waals surface area contributed by atoms with Crippen LogP contribution >= 0.6 is 0 Å². The summed E-state index contributed by atoms with van der Waals surface area (Å²) in [5, 5.41) is 2.91. The number of anilines is 1. The Morgan fingerprint density at radius 3 is 2.43 bits per heavy atom. The number of ether oxygens (including phenoxy) is 1. The predicted octanol–water partition coefficient (Wildman–Crippen LogP) is 4.85. The minimum absolute atomic E-state index is 0.0330. The topological polar surface area (TPSA) is 58.6 Å². The second-order valence-electron chi connectivity index (χ2n) is 7.23. The molecule has 1 N–H and O–H groups in total. The fourth-order valence-electron chi connectivity index (χ4n) is 3.06. The maximum Gasteiger partial charge on any atom is 0.260 e. The molecule has 0 spiro atoms. The molecule has 0 saturated heterocycles. The van der Waals surface area contributed by atoms with Gasteiger partial charge in [0.1, 0.15) is 5.75 Å². The zero-order valence-corrected chi connectivity index (χ0v) is 17.5. The van der Waals surface area contributed by atoms with Gasteiger partial charge in [0, 0.05) is 18.3 Å². The maximum atomic E-state index is 12.6. The summed E-state index contributed by atoms with van der Waals surface area (Å²) in [7, 11) is 1.75. The molecule has 5 nitrogen and oxygen atoms in total. The average Bonchev–Trinajstić information content (AvgIpc) is 2.77. The Balaban J connectivity index is 1.62. The normalized spacial score (nSPS) is 11.4. The van der Waals surface area contributed by atoms with Crippen molar-refractivity contribution in [2.75, 3.05) is 19.0 Å². The van der Waals surface area contributed by atoms with Crippen molar-refractivity contribution in [1.82, 2.24) is 4.90 Å². The second-order valence-corrected chi connectivity index (χ2v) is 7.23. The summed E-state index contributed by atoms with van der Waals surface area (Å²) in [6.07, 6.45) is 0. The lowest BCUT2D eigenvalue weighted by molar-refractivity contribution is -0.134. The van der Waals surface area contributed by atoms with E-state index in [1.807, 2.05) is 80.6 Å². The van der Waals surface area contributed by atoms with Gasteiger partial charge in [0.25, 0.3) is 11.8 Å². The standard InChI is InChI=1S/C25H26N2O3/c1-18-9-7-14-23(15-18)30-17-24(28)27(3)19(2)21-12-8-13-22(16-21)26-25(29)20-10-5-4-6-11-20/h4-16,19H,17H2,1-3H3,(H,26,29). The highest BCUT2D eigenvalue weighted by molar-refractivity contribution is 6.04. The highest BCUT2D eigenvalue weighted by atomic mass is 16.5. The molecule has 0 radical (unpaired) electrons. The third-order valence-corrected chi connectivity index (χ3v) is 4.99. The third-order valence-electron chi connectivity index (χ3n) is 4.99. The van der Waals surface area contributed by atoms with E-state index in [0.29, 0.717) is 17.0 Å². The molecule has 1 unspecified atom stereocenters. The number of carbonyl (C=O) groups is 2. The van der Waals surface area contributed by atoms with Crippen LogP contribution in [0.2, 0.25) is 0 Å². The van der Waals surface area contributed by atoms with E-state index in [1.54, 1.807) is 24.1 Å².